The first kappa shape index (κ1) is 19.4. The van der Waals surface area contributed by atoms with Crippen LogP contribution in [0.15, 0.2) is 30.3 Å². The average Bonchev–Trinajstić information content (AvgIpc) is 2.89. The van der Waals surface area contributed by atoms with Crippen LogP contribution in [0, 0.1) is 5.92 Å². The van der Waals surface area contributed by atoms with E-state index in [1.165, 1.54) is 5.56 Å². The first-order chi connectivity index (χ1) is 10.1. The Labute approximate surface area is 140 Å². The minimum absolute atomic E-state index is 0. The van der Waals surface area contributed by atoms with E-state index in [-0.39, 0.29) is 18.2 Å². The van der Waals surface area contributed by atoms with Gasteiger partial charge < -0.3 is 10.6 Å². The largest absolute Gasteiger partial charge is 0.330 e. The third kappa shape index (κ3) is 5.23. The van der Waals surface area contributed by atoms with Crippen LogP contribution in [0.1, 0.15) is 24.8 Å². The van der Waals surface area contributed by atoms with Crippen molar-refractivity contribution in [1.29, 1.82) is 0 Å². The maximum Gasteiger partial charge on any atom is 0.151 e. The van der Waals surface area contributed by atoms with Gasteiger partial charge in [-0.15, -0.1) is 12.4 Å². The van der Waals surface area contributed by atoms with E-state index in [1.54, 1.807) is 0 Å². The van der Waals surface area contributed by atoms with Crippen LogP contribution in [0.5, 0.6) is 0 Å². The fourth-order valence-electron chi connectivity index (χ4n) is 3.14. The monoisotopic (exact) mass is 346 g/mol. The molecule has 0 radical (unpaired) electrons. The lowest BCUT2D eigenvalue weighted by molar-refractivity contribution is 0.343. The van der Waals surface area contributed by atoms with E-state index >= 15 is 0 Å². The van der Waals surface area contributed by atoms with Crippen molar-refractivity contribution >= 4 is 22.2 Å². The topological polar surface area (TPSA) is 63.4 Å². The summed E-state index contributed by atoms with van der Waals surface area (Å²) in [7, 11) is -2.90. The quantitative estimate of drug-likeness (QED) is 0.819. The zero-order valence-electron chi connectivity index (χ0n) is 13.1. The first-order valence-corrected chi connectivity index (χ1v) is 9.55. The second-order valence-electron chi connectivity index (χ2n) is 5.92. The summed E-state index contributed by atoms with van der Waals surface area (Å²) in [6, 6.07) is 10.4. The van der Waals surface area contributed by atoms with Gasteiger partial charge in [-0.25, -0.2) is 8.42 Å². The Hall–Kier alpha value is -0.620. The van der Waals surface area contributed by atoms with Crippen molar-refractivity contribution in [2.45, 2.75) is 19.3 Å². The van der Waals surface area contributed by atoms with Crippen molar-refractivity contribution in [3.05, 3.63) is 35.9 Å². The zero-order chi connectivity index (χ0) is 15.3. The maximum atomic E-state index is 11.8. The molecular weight excluding hydrogens is 320 g/mol. The van der Waals surface area contributed by atoms with Gasteiger partial charge in [-0.3, -0.25) is 0 Å². The lowest BCUT2D eigenvalue weighted by Gasteiger charge is -2.16. The fraction of sp³-hybridized carbons (Fsp3) is 0.625. The highest BCUT2D eigenvalue weighted by atomic mass is 35.5. The van der Waals surface area contributed by atoms with Crippen molar-refractivity contribution in [3.63, 3.8) is 0 Å². The summed E-state index contributed by atoms with van der Waals surface area (Å²) in [5.74, 6) is 1.40. The smallest absolute Gasteiger partial charge is 0.151 e. The fourth-order valence-corrected chi connectivity index (χ4v) is 4.50. The minimum Gasteiger partial charge on any atom is -0.330 e. The van der Waals surface area contributed by atoms with E-state index in [0.717, 1.165) is 13.1 Å². The number of sulfone groups is 1. The van der Waals surface area contributed by atoms with Crippen LogP contribution in [0.4, 0.5) is 0 Å². The first-order valence-electron chi connectivity index (χ1n) is 7.73. The van der Waals surface area contributed by atoms with Gasteiger partial charge in [0.05, 0.1) is 5.75 Å². The van der Waals surface area contributed by atoms with Crippen LogP contribution in [0.2, 0.25) is 0 Å². The van der Waals surface area contributed by atoms with E-state index in [0.29, 0.717) is 37.1 Å². The van der Waals surface area contributed by atoms with E-state index in [4.69, 9.17) is 5.73 Å². The summed E-state index contributed by atoms with van der Waals surface area (Å²) in [6.45, 7) is 4.99. The van der Waals surface area contributed by atoms with Gasteiger partial charge >= 0.3 is 0 Å². The minimum atomic E-state index is -2.90. The number of likely N-dealkylation sites (tertiary alicyclic amines) is 1. The Morgan fingerprint density at radius 2 is 1.86 bits per heavy atom. The van der Waals surface area contributed by atoms with Crippen molar-refractivity contribution in [1.82, 2.24) is 4.90 Å². The van der Waals surface area contributed by atoms with Gasteiger partial charge in [0.15, 0.2) is 9.84 Å². The molecule has 0 amide bonds. The van der Waals surface area contributed by atoms with Crippen LogP contribution in [0.3, 0.4) is 0 Å². The molecule has 126 valence electrons. The number of rotatable bonds is 7. The summed E-state index contributed by atoms with van der Waals surface area (Å²) < 4.78 is 23.7. The highest BCUT2D eigenvalue weighted by Crippen LogP contribution is 2.31. The van der Waals surface area contributed by atoms with Crippen LogP contribution < -0.4 is 5.73 Å². The molecule has 0 bridgehead atoms. The molecule has 0 saturated carbocycles. The van der Waals surface area contributed by atoms with Crippen LogP contribution in [0.25, 0.3) is 0 Å². The van der Waals surface area contributed by atoms with Gasteiger partial charge in [0, 0.05) is 31.3 Å². The van der Waals surface area contributed by atoms with Gasteiger partial charge in [-0.2, -0.15) is 0 Å². The summed E-state index contributed by atoms with van der Waals surface area (Å²) in [5, 5.41) is 0. The average molecular weight is 347 g/mol. The summed E-state index contributed by atoms with van der Waals surface area (Å²) in [5.41, 5.74) is 7.22. The molecule has 2 rings (SSSR count). The molecular formula is C16H27ClN2O2S. The van der Waals surface area contributed by atoms with E-state index < -0.39 is 9.84 Å². The number of halogens is 1. The number of benzene rings is 1. The Morgan fingerprint density at radius 1 is 1.18 bits per heavy atom. The standard InChI is InChI=1S/C16H26N2O2S.ClH/c1-2-9-21(19,20)10-8-18-12-15(11-17)16(13-18)14-6-4-3-5-7-14;/h3-7,15-16H,2,8-13,17H2,1H3;1H/t15-,16+;/m1./s1. The molecule has 2 N–H and O–H groups in total. The molecule has 1 aromatic rings. The van der Waals surface area contributed by atoms with Crippen molar-refractivity contribution in [3.8, 4) is 0 Å². The summed E-state index contributed by atoms with van der Waals surface area (Å²) in [4.78, 5) is 2.25. The molecule has 1 aliphatic rings. The number of nitrogens with zero attached hydrogens (tertiary/aromatic N) is 1. The highest BCUT2D eigenvalue weighted by molar-refractivity contribution is 7.91. The van der Waals surface area contributed by atoms with Gasteiger partial charge in [0.2, 0.25) is 0 Å². The van der Waals surface area contributed by atoms with Crippen LogP contribution in [-0.4, -0.2) is 51.0 Å². The predicted molar refractivity (Wildman–Crippen MR) is 94.4 cm³/mol. The molecule has 22 heavy (non-hydrogen) atoms. The lowest BCUT2D eigenvalue weighted by atomic mass is 9.89. The van der Waals surface area contributed by atoms with Crippen LogP contribution >= 0.6 is 12.4 Å². The third-order valence-corrected chi connectivity index (χ3v) is 6.12. The molecule has 6 heteroatoms. The Balaban J connectivity index is 0.00000242. The molecule has 0 aliphatic carbocycles. The third-order valence-electron chi connectivity index (χ3n) is 4.28. The molecule has 4 nitrogen and oxygen atoms in total. The van der Waals surface area contributed by atoms with Gasteiger partial charge in [-0.05, 0) is 24.4 Å². The van der Waals surface area contributed by atoms with E-state index in [9.17, 15) is 8.42 Å². The molecule has 1 aliphatic heterocycles. The molecule has 1 heterocycles. The van der Waals surface area contributed by atoms with E-state index in [1.807, 2.05) is 13.0 Å². The van der Waals surface area contributed by atoms with Crippen molar-refractivity contribution in [2.24, 2.45) is 11.7 Å². The van der Waals surface area contributed by atoms with Gasteiger partial charge in [0.25, 0.3) is 0 Å². The maximum absolute atomic E-state index is 11.8. The zero-order valence-corrected chi connectivity index (χ0v) is 14.8. The highest BCUT2D eigenvalue weighted by Gasteiger charge is 2.32. The second kappa shape index (κ2) is 8.87. The molecule has 1 saturated heterocycles. The molecule has 1 fully saturated rings. The normalized spacial score (nSPS) is 22.5. The summed E-state index contributed by atoms with van der Waals surface area (Å²) >= 11 is 0. The Bertz CT molecular complexity index is 536. The Morgan fingerprint density at radius 3 is 2.45 bits per heavy atom. The lowest BCUT2D eigenvalue weighted by Crippen LogP contribution is -2.29. The number of hydrogen-bond acceptors (Lipinski definition) is 4. The molecule has 2 atom stereocenters. The van der Waals surface area contributed by atoms with Crippen molar-refractivity contribution < 1.29 is 8.42 Å². The molecule has 0 aromatic heterocycles. The number of hydrogen-bond donors (Lipinski definition) is 1. The van der Waals surface area contributed by atoms with Gasteiger partial charge in [0.1, 0.15) is 0 Å². The van der Waals surface area contributed by atoms with Crippen LogP contribution in [-0.2, 0) is 9.84 Å². The predicted octanol–water partition coefficient (Wildman–Crippen LogP) is 1.91. The molecule has 0 spiro atoms. The number of nitrogens with two attached hydrogens (primary N) is 1. The SMILES string of the molecule is CCCS(=O)(=O)CCN1C[C@@H](CN)[C@H](c2ccccc2)C1.Cl. The van der Waals surface area contributed by atoms with E-state index in [2.05, 4.69) is 29.2 Å². The molecule has 0 unspecified atom stereocenters. The van der Waals surface area contributed by atoms with Gasteiger partial charge in [-0.1, -0.05) is 37.3 Å². The Kier molecular flexibility index (Phi) is 7.83. The second-order valence-corrected chi connectivity index (χ2v) is 8.23. The molecule has 1 aromatic carbocycles. The summed E-state index contributed by atoms with van der Waals surface area (Å²) in [6.07, 6.45) is 0.695. The van der Waals surface area contributed by atoms with Crippen molar-refractivity contribution in [2.75, 3.05) is 37.7 Å².